The molecule has 1 aliphatic heterocycles. The van der Waals surface area contributed by atoms with Gasteiger partial charge in [0.15, 0.2) is 5.13 Å². The van der Waals surface area contributed by atoms with Crippen LogP contribution in [0.5, 0.6) is 0 Å². The van der Waals surface area contributed by atoms with Gasteiger partial charge in [0.1, 0.15) is 0 Å². The first kappa shape index (κ1) is 20.2. The van der Waals surface area contributed by atoms with Gasteiger partial charge < -0.3 is 9.80 Å². The Morgan fingerprint density at radius 2 is 1.76 bits per heavy atom. The molecule has 0 saturated carbocycles. The van der Waals surface area contributed by atoms with E-state index in [1.807, 2.05) is 28.8 Å². The van der Waals surface area contributed by atoms with E-state index >= 15 is 0 Å². The molecule has 0 aliphatic carbocycles. The summed E-state index contributed by atoms with van der Waals surface area (Å²) >= 11 is 3.57. The number of piperazine rings is 1. The lowest BCUT2D eigenvalue weighted by atomic mass is 10.1. The zero-order valence-corrected chi connectivity index (χ0v) is 19.1. The summed E-state index contributed by atoms with van der Waals surface area (Å²) in [5.74, 6) is 0.126. The highest BCUT2D eigenvalue weighted by atomic mass is 32.2. The van der Waals surface area contributed by atoms with E-state index in [4.69, 9.17) is 4.98 Å². The highest BCUT2D eigenvalue weighted by Gasteiger charge is 2.24. The number of thiazole rings is 1. The molecule has 29 heavy (non-hydrogen) atoms. The second-order valence-corrected chi connectivity index (χ2v) is 10.6. The number of nitrogens with zero attached hydrogens (tertiary/aromatic N) is 3. The number of carbonyl (C=O) groups is 1. The van der Waals surface area contributed by atoms with Gasteiger partial charge in [0.05, 0.1) is 10.2 Å². The Balaban J connectivity index is 1.41. The van der Waals surface area contributed by atoms with Crippen molar-refractivity contribution < 1.29 is 4.79 Å². The highest BCUT2D eigenvalue weighted by molar-refractivity contribution is 7.99. The van der Waals surface area contributed by atoms with Crippen LogP contribution in [0.3, 0.4) is 0 Å². The first-order chi connectivity index (χ1) is 13.9. The number of hydrogen-bond donors (Lipinski definition) is 0. The van der Waals surface area contributed by atoms with Crippen molar-refractivity contribution in [2.75, 3.05) is 31.1 Å². The summed E-state index contributed by atoms with van der Waals surface area (Å²) in [4.78, 5) is 23.2. The summed E-state index contributed by atoms with van der Waals surface area (Å²) in [6.07, 6.45) is 0. The fraction of sp³-hybridized carbons (Fsp3) is 0.391. The fourth-order valence-electron chi connectivity index (χ4n) is 3.73. The molecular formula is C23H27N3OS2. The predicted octanol–water partition coefficient (Wildman–Crippen LogP) is 5.38. The minimum absolute atomic E-state index is 0.126. The maximum absolute atomic E-state index is 12.9. The Labute approximate surface area is 180 Å². The first-order valence-corrected chi connectivity index (χ1v) is 11.8. The van der Waals surface area contributed by atoms with Gasteiger partial charge in [0.25, 0.3) is 5.91 Å². The van der Waals surface area contributed by atoms with Crippen LogP contribution in [0.15, 0.2) is 41.3 Å². The Morgan fingerprint density at radius 3 is 2.41 bits per heavy atom. The fourth-order valence-corrected chi connectivity index (χ4v) is 5.76. The molecule has 1 amide bonds. The quantitative estimate of drug-likeness (QED) is 0.526. The number of thioether (sulfide) groups is 1. The van der Waals surface area contributed by atoms with Crippen LogP contribution in [0.25, 0.3) is 10.2 Å². The zero-order valence-electron chi connectivity index (χ0n) is 17.4. The van der Waals surface area contributed by atoms with Gasteiger partial charge in [-0.3, -0.25) is 4.79 Å². The first-order valence-electron chi connectivity index (χ1n) is 10.1. The van der Waals surface area contributed by atoms with E-state index in [0.29, 0.717) is 5.25 Å². The number of anilines is 1. The van der Waals surface area contributed by atoms with Crippen molar-refractivity contribution in [3.63, 3.8) is 0 Å². The summed E-state index contributed by atoms with van der Waals surface area (Å²) in [6, 6.07) is 12.4. The average Bonchev–Trinajstić information content (AvgIpc) is 3.12. The molecule has 0 N–H and O–H groups in total. The lowest BCUT2D eigenvalue weighted by Gasteiger charge is -2.34. The molecule has 1 fully saturated rings. The molecule has 0 unspecified atom stereocenters. The van der Waals surface area contributed by atoms with Crippen molar-refractivity contribution in [1.82, 2.24) is 9.88 Å². The molecule has 6 heteroatoms. The van der Waals surface area contributed by atoms with E-state index in [1.165, 1.54) is 20.7 Å². The van der Waals surface area contributed by atoms with Gasteiger partial charge in [-0.2, -0.15) is 0 Å². The molecule has 4 rings (SSSR count). The molecule has 3 aromatic rings. The van der Waals surface area contributed by atoms with Gasteiger partial charge in [-0.15, -0.1) is 11.8 Å². The van der Waals surface area contributed by atoms with Crippen molar-refractivity contribution in [2.24, 2.45) is 0 Å². The molecule has 1 aliphatic rings. The summed E-state index contributed by atoms with van der Waals surface area (Å²) in [7, 11) is 0. The summed E-state index contributed by atoms with van der Waals surface area (Å²) in [5, 5.41) is 1.61. The lowest BCUT2D eigenvalue weighted by molar-refractivity contribution is 0.0746. The largest absolute Gasteiger partial charge is 0.345 e. The second kappa shape index (κ2) is 8.36. The number of benzene rings is 2. The van der Waals surface area contributed by atoms with Crippen molar-refractivity contribution in [3.05, 3.63) is 53.1 Å². The van der Waals surface area contributed by atoms with Gasteiger partial charge in [0, 0.05) is 41.9 Å². The van der Waals surface area contributed by atoms with Crippen LogP contribution in [-0.4, -0.2) is 47.2 Å². The topological polar surface area (TPSA) is 36.4 Å². The predicted molar refractivity (Wildman–Crippen MR) is 125 cm³/mol. The van der Waals surface area contributed by atoms with Crippen LogP contribution in [-0.2, 0) is 0 Å². The molecule has 0 atom stereocenters. The second-order valence-electron chi connectivity index (χ2n) is 7.90. The van der Waals surface area contributed by atoms with E-state index in [2.05, 4.69) is 56.9 Å². The number of hydrogen-bond acceptors (Lipinski definition) is 5. The van der Waals surface area contributed by atoms with Gasteiger partial charge in [-0.25, -0.2) is 4.98 Å². The number of fused-ring (bicyclic) bond motifs is 1. The zero-order chi connectivity index (χ0) is 20.5. The van der Waals surface area contributed by atoms with Gasteiger partial charge in [-0.05, 0) is 55.3 Å². The van der Waals surface area contributed by atoms with Gasteiger partial charge in [0.2, 0.25) is 0 Å². The van der Waals surface area contributed by atoms with E-state index < -0.39 is 0 Å². The average molecular weight is 426 g/mol. The summed E-state index contributed by atoms with van der Waals surface area (Å²) in [5.41, 5.74) is 4.39. The molecule has 4 nitrogen and oxygen atoms in total. The van der Waals surface area contributed by atoms with Crippen LogP contribution >= 0.6 is 23.1 Å². The summed E-state index contributed by atoms with van der Waals surface area (Å²) < 4.78 is 1.25. The minimum atomic E-state index is 0.126. The molecule has 0 bridgehead atoms. The molecular weight excluding hydrogens is 398 g/mol. The van der Waals surface area contributed by atoms with Crippen LogP contribution in [0, 0.1) is 13.8 Å². The summed E-state index contributed by atoms with van der Waals surface area (Å²) in [6.45, 7) is 11.7. The third kappa shape index (κ3) is 4.43. The third-order valence-electron chi connectivity index (χ3n) is 5.13. The molecule has 152 valence electrons. The van der Waals surface area contributed by atoms with E-state index in [0.717, 1.165) is 42.4 Å². The lowest BCUT2D eigenvalue weighted by Crippen LogP contribution is -2.48. The van der Waals surface area contributed by atoms with E-state index in [-0.39, 0.29) is 5.91 Å². The van der Waals surface area contributed by atoms with Crippen LogP contribution in [0.4, 0.5) is 5.13 Å². The van der Waals surface area contributed by atoms with E-state index in [1.54, 1.807) is 11.3 Å². The van der Waals surface area contributed by atoms with Gasteiger partial charge >= 0.3 is 0 Å². The van der Waals surface area contributed by atoms with Crippen LogP contribution in [0.2, 0.25) is 0 Å². The van der Waals surface area contributed by atoms with Crippen molar-refractivity contribution in [3.8, 4) is 0 Å². The van der Waals surface area contributed by atoms with Crippen LogP contribution < -0.4 is 4.90 Å². The maximum Gasteiger partial charge on any atom is 0.253 e. The number of amides is 1. The molecule has 2 heterocycles. The normalized spacial score (nSPS) is 14.8. The number of carbonyl (C=O) groups excluding carboxylic acids is 1. The Morgan fingerprint density at radius 1 is 1.07 bits per heavy atom. The number of aromatic nitrogens is 1. The van der Waals surface area contributed by atoms with Crippen molar-refractivity contribution in [1.29, 1.82) is 0 Å². The van der Waals surface area contributed by atoms with Crippen molar-refractivity contribution in [2.45, 2.75) is 37.8 Å². The van der Waals surface area contributed by atoms with Gasteiger partial charge in [-0.1, -0.05) is 31.3 Å². The number of rotatable bonds is 4. The van der Waals surface area contributed by atoms with Crippen molar-refractivity contribution >= 4 is 44.4 Å². The number of aryl methyl sites for hydroxylation is 2. The molecule has 2 aromatic carbocycles. The third-order valence-corrected chi connectivity index (χ3v) is 7.21. The standard InChI is InChI=1S/C23H27N3OS2/c1-15(2)28-19-7-5-18(6-8-19)22(27)25-9-11-26(12-10-25)23-24-21-17(4)13-16(3)14-20(21)29-23/h5-8,13-15H,9-12H2,1-4H3. The SMILES string of the molecule is Cc1cc(C)c2nc(N3CCN(C(=O)c4ccc(SC(C)C)cc4)CC3)sc2c1. The van der Waals surface area contributed by atoms with Crippen LogP contribution in [0.1, 0.15) is 35.3 Å². The molecule has 1 saturated heterocycles. The smallest absolute Gasteiger partial charge is 0.253 e. The highest BCUT2D eigenvalue weighted by Crippen LogP contribution is 2.32. The monoisotopic (exact) mass is 425 g/mol. The maximum atomic E-state index is 12.9. The Hall–Kier alpha value is -2.05. The Bertz CT molecular complexity index is 1020. The minimum Gasteiger partial charge on any atom is -0.345 e. The molecule has 0 spiro atoms. The van der Waals surface area contributed by atoms with E-state index in [9.17, 15) is 4.79 Å². The molecule has 0 radical (unpaired) electrons. The molecule has 1 aromatic heterocycles. The Kier molecular flexibility index (Phi) is 5.83.